The van der Waals surface area contributed by atoms with Gasteiger partial charge in [-0.3, -0.25) is 4.98 Å². The zero-order valence-corrected chi connectivity index (χ0v) is 13.4. The van der Waals surface area contributed by atoms with E-state index in [4.69, 9.17) is 5.41 Å². The summed E-state index contributed by atoms with van der Waals surface area (Å²) >= 11 is 0. The fourth-order valence-electron chi connectivity index (χ4n) is 2.86. The molecule has 0 aliphatic carbocycles. The summed E-state index contributed by atoms with van der Waals surface area (Å²) in [6, 6.07) is 14.5. The summed E-state index contributed by atoms with van der Waals surface area (Å²) in [5.74, 6) is -0.238. The van der Waals surface area contributed by atoms with Gasteiger partial charge in [0, 0.05) is 27.9 Å². The molecule has 116 valence electrons. The second-order valence-corrected chi connectivity index (χ2v) is 5.75. The van der Waals surface area contributed by atoms with Crippen molar-refractivity contribution in [1.82, 2.24) is 4.98 Å². The van der Waals surface area contributed by atoms with E-state index in [2.05, 4.69) is 11.9 Å². The molecule has 3 heteroatoms. The molecule has 0 saturated heterocycles. The van der Waals surface area contributed by atoms with E-state index in [1.54, 1.807) is 12.1 Å². The van der Waals surface area contributed by atoms with Crippen LogP contribution in [-0.2, 0) is 0 Å². The highest BCUT2D eigenvalue weighted by molar-refractivity contribution is 6.09. The summed E-state index contributed by atoms with van der Waals surface area (Å²) in [6.07, 6.45) is 1.68. The average molecular weight is 306 g/mol. The fraction of sp³-hybridized carbons (Fsp3) is 0.200. The highest BCUT2D eigenvalue weighted by atomic mass is 19.1. The maximum Gasteiger partial charge on any atom is 0.131 e. The van der Waals surface area contributed by atoms with Gasteiger partial charge in [0.1, 0.15) is 5.82 Å². The largest absolute Gasteiger partial charge is 0.305 e. The summed E-state index contributed by atoms with van der Waals surface area (Å²) in [6.45, 7) is 4.00. The van der Waals surface area contributed by atoms with Crippen LogP contribution in [0.25, 0.3) is 22.0 Å². The van der Waals surface area contributed by atoms with Crippen LogP contribution in [0.5, 0.6) is 0 Å². The van der Waals surface area contributed by atoms with Crippen molar-refractivity contribution in [3.63, 3.8) is 0 Å². The van der Waals surface area contributed by atoms with Crippen LogP contribution in [0.1, 0.15) is 31.0 Å². The normalized spacial score (nSPS) is 10.9. The minimum Gasteiger partial charge on any atom is -0.305 e. The number of hydrogen-bond donors (Lipinski definition) is 1. The molecule has 0 amide bonds. The van der Waals surface area contributed by atoms with E-state index in [1.165, 1.54) is 6.07 Å². The van der Waals surface area contributed by atoms with Gasteiger partial charge < -0.3 is 5.41 Å². The molecule has 0 radical (unpaired) electrons. The second kappa shape index (κ2) is 6.29. The van der Waals surface area contributed by atoms with Crippen LogP contribution >= 0.6 is 0 Å². The number of nitrogens with zero attached hydrogens (tertiary/aromatic N) is 1. The van der Waals surface area contributed by atoms with E-state index in [9.17, 15) is 4.39 Å². The number of nitrogens with one attached hydrogen (secondary N) is 1. The van der Waals surface area contributed by atoms with E-state index in [0.29, 0.717) is 11.3 Å². The standard InChI is InChI=1S/C20H19FN2/c1-3-6-19(22)17-11-13(2)23-20-12-14(9-10-16(17)20)15-7-4-5-8-18(15)21/h4-5,7-12,22H,3,6H2,1-2H3. The number of fused-ring (bicyclic) bond motifs is 1. The van der Waals surface area contributed by atoms with Crippen LogP contribution in [0.3, 0.4) is 0 Å². The predicted molar refractivity (Wildman–Crippen MR) is 93.6 cm³/mol. The predicted octanol–water partition coefficient (Wildman–Crippen LogP) is 5.52. The zero-order chi connectivity index (χ0) is 16.4. The highest BCUT2D eigenvalue weighted by Gasteiger charge is 2.11. The first-order chi connectivity index (χ1) is 11.1. The Labute approximate surface area is 135 Å². The van der Waals surface area contributed by atoms with Crippen molar-refractivity contribution >= 4 is 16.6 Å². The monoisotopic (exact) mass is 306 g/mol. The van der Waals surface area contributed by atoms with Crippen LogP contribution in [0.2, 0.25) is 0 Å². The summed E-state index contributed by atoms with van der Waals surface area (Å²) in [5.41, 5.74) is 4.61. The lowest BCUT2D eigenvalue weighted by Crippen LogP contribution is -2.02. The molecule has 2 nitrogen and oxygen atoms in total. The summed E-state index contributed by atoms with van der Waals surface area (Å²) in [5, 5.41) is 9.23. The number of hydrogen-bond acceptors (Lipinski definition) is 2. The Morgan fingerprint density at radius 2 is 1.91 bits per heavy atom. The van der Waals surface area contributed by atoms with Gasteiger partial charge in [-0.2, -0.15) is 0 Å². The Morgan fingerprint density at radius 3 is 2.65 bits per heavy atom. The van der Waals surface area contributed by atoms with Gasteiger partial charge in [-0.1, -0.05) is 43.7 Å². The number of aryl methyl sites for hydroxylation is 1. The van der Waals surface area contributed by atoms with E-state index in [0.717, 1.165) is 40.6 Å². The molecule has 0 aliphatic heterocycles. The number of benzene rings is 2. The van der Waals surface area contributed by atoms with Crippen molar-refractivity contribution in [2.45, 2.75) is 26.7 Å². The van der Waals surface area contributed by atoms with E-state index in [1.807, 2.05) is 37.3 Å². The van der Waals surface area contributed by atoms with Crippen LogP contribution in [0, 0.1) is 18.2 Å². The quantitative estimate of drug-likeness (QED) is 0.633. The molecule has 1 heterocycles. The number of pyridine rings is 1. The lowest BCUT2D eigenvalue weighted by molar-refractivity contribution is 0.631. The summed E-state index contributed by atoms with van der Waals surface area (Å²) in [7, 11) is 0. The van der Waals surface area contributed by atoms with Gasteiger partial charge in [0.15, 0.2) is 0 Å². The van der Waals surface area contributed by atoms with Gasteiger partial charge in [0.2, 0.25) is 0 Å². The lowest BCUT2D eigenvalue weighted by Gasteiger charge is -2.11. The first kappa shape index (κ1) is 15.3. The fourth-order valence-corrected chi connectivity index (χ4v) is 2.86. The summed E-state index contributed by atoms with van der Waals surface area (Å²) < 4.78 is 14.0. The van der Waals surface area contributed by atoms with Crippen molar-refractivity contribution in [3.8, 4) is 11.1 Å². The molecule has 3 rings (SSSR count). The smallest absolute Gasteiger partial charge is 0.131 e. The van der Waals surface area contributed by atoms with Gasteiger partial charge in [-0.05, 0) is 37.1 Å². The Balaban J connectivity index is 2.18. The molecule has 0 atom stereocenters. The number of aromatic nitrogens is 1. The molecule has 0 bridgehead atoms. The van der Waals surface area contributed by atoms with E-state index < -0.39 is 0 Å². The van der Waals surface area contributed by atoms with Crippen LogP contribution in [0.15, 0.2) is 48.5 Å². The SMILES string of the molecule is CCCC(=N)c1cc(C)nc2cc(-c3ccccc3F)ccc12. The van der Waals surface area contributed by atoms with E-state index >= 15 is 0 Å². The highest BCUT2D eigenvalue weighted by Crippen LogP contribution is 2.28. The summed E-state index contributed by atoms with van der Waals surface area (Å²) in [4.78, 5) is 4.58. The molecular formula is C20H19FN2. The average Bonchev–Trinajstić information content (AvgIpc) is 2.54. The van der Waals surface area contributed by atoms with Crippen LogP contribution < -0.4 is 0 Å². The minimum absolute atomic E-state index is 0.238. The van der Waals surface area contributed by atoms with Crippen molar-refractivity contribution in [3.05, 3.63) is 65.6 Å². The van der Waals surface area contributed by atoms with Crippen LogP contribution in [-0.4, -0.2) is 10.7 Å². The molecule has 0 fully saturated rings. The lowest BCUT2D eigenvalue weighted by atomic mass is 9.97. The molecule has 3 aromatic rings. The second-order valence-electron chi connectivity index (χ2n) is 5.75. The Bertz CT molecular complexity index is 884. The first-order valence-corrected chi connectivity index (χ1v) is 7.84. The van der Waals surface area contributed by atoms with Crippen LogP contribution in [0.4, 0.5) is 4.39 Å². The molecule has 0 saturated carbocycles. The third-order valence-corrected chi connectivity index (χ3v) is 3.95. The topological polar surface area (TPSA) is 36.7 Å². The van der Waals surface area contributed by atoms with Crippen molar-refractivity contribution in [2.75, 3.05) is 0 Å². The Kier molecular flexibility index (Phi) is 4.20. The van der Waals surface area contributed by atoms with Crippen molar-refractivity contribution < 1.29 is 4.39 Å². The third kappa shape index (κ3) is 3.00. The number of rotatable bonds is 4. The van der Waals surface area contributed by atoms with Gasteiger partial charge in [0.25, 0.3) is 0 Å². The molecule has 0 spiro atoms. The minimum atomic E-state index is -0.238. The van der Waals surface area contributed by atoms with Gasteiger partial charge in [-0.25, -0.2) is 4.39 Å². The van der Waals surface area contributed by atoms with E-state index in [-0.39, 0.29) is 5.82 Å². The van der Waals surface area contributed by atoms with Gasteiger partial charge in [-0.15, -0.1) is 0 Å². The molecule has 1 aromatic heterocycles. The number of halogens is 1. The maximum absolute atomic E-state index is 14.0. The Morgan fingerprint density at radius 1 is 1.13 bits per heavy atom. The molecule has 0 unspecified atom stereocenters. The Hall–Kier alpha value is -2.55. The van der Waals surface area contributed by atoms with Gasteiger partial charge >= 0.3 is 0 Å². The van der Waals surface area contributed by atoms with Gasteiger partial charge in [0.05, 0.1) is 5.52 Å². The molecule has 1 N–H and O–H groups in total. The van der Waals surface area contributed by atoms with Crippen molar-refractivity contribution in [1.29, 1.82) is 5.41 Å². The molecule has 2 aromatic carbocycles. The first-order valence-electron chi connectivity index (χ1n) is 7.84. The maximum atomic E-state index is 14.0. The van der Waals surface area contributed by atoms with Crippen molar-refractivity contribution in [2.24, 2.45) is 0 Å². The molecule has 23 heavy (non-hydrogen) atoms. The molecular weight excluding hydrogens is 287 g/mol. The molecule has 0 aliphatic rings. The third-order valence-electron chi connectivity index (χ3n) is 3.95. The zero-order valence-electron chi connectivity index (χ0n) is 13.4.